The van der Waals surface area contributed by atoms with Gasteiger partial charge in [-0.05, 0) is 121 Å². The molecule has 11 heteroatoms. The van der Waals surface area contributed by atoms with Gasteiger partial charge in [0.25, 0.3) is 0 Å². The van der Waals surface area contributed by atoms with E-state index in [1.165, 1.54) is 37.8 Å². The van der Waals surface area contributed by atoms with Crippen LogP contribution in [0, 0.1) is 31.6 Å². The number of alkyl halides is 3. The summed E-state index contributed by atoms with van der Waals surface area (Å²) in [6, 6.07) is 10.1. The highest BCUT2D eigenvalue weighted by Crippen LogP contribution is 2.39. The number of benzene rings is 1. The lowest BCUT2D eigenvalue weighted by atomic mass is 10.0. The summed E-state index contributed by atoms with van der Waals surface area (Å²) in [4.78, 5) is 27.0. The summed E-state index contributed by atoms with van der Waals surface area (Å²) in [7, 11) is 0. The number of hydrogen-bond donors (Lipinski definition) is 1. The Balaban J connectivity index is 1.31. The van der Waals surface area contributed by atoms with Gasteiger partial charge in [0.2, 0.25) is 5.91 Å². The largest absolute Gasteiger partial charge is 0.416 e. The molecule has 3 aliphatic carbocycles. The Kier molecular flexibility index (Phi) is 8.59. The zero-order valence-corrected chi connectivity index (χ0v) is 29.1. The summed E-state index contributed by atoms with van der Waals surface area (Å²) < 4.78 is 43.8. The van der Waals surface area contributed by atoms with Crippen LogP contribution < -0.4 is 15.1 Å². The minimum Gasteiger partial charge on any atom is -0.356 e. The first-order chi connectivity index (χ1) is 23.2. The molecule has 0 radical (unpaired) electrons. The topological polar surface area (TPSA) is 79.2 Å². The maximum atomic E-state index is 13.9. The molecule has 49 heavy (non-hydrogen) atoms. The molecule has 7 rings (SSSR count). The number of rotatable bonds is 12. The number of hydrogen-bond acceptors (Lipinski definition) is 6. The van der Waals surface area contributed by atoms with Gasteiger partial charge in [-0.1, -0.05) is 11.6 Å². The second-order valence-electron chi connectivity index (χ2n) is 15.5. The molecule has 0 aliphatic heterocycles. The van der Waals surface area contributed by atoms with Crippen LogP contribution in [-0.4, -0.2) is 38.7 Å². The Morgan fingerprint density at radius 1 is 0.918 bits per heavy atom. The molecule has 0 bridgehead atoms. The average molecular weight is 674 g/mol. The monoisotopic (exact) mass is 673 g/mol. The molecule has 3 aromatic heterocycles. The minimum atomic E-state index is -4.45. The van der Waals surface area contributed by atoms with E-state index in [4.69, 9.17) is 15.1 Å². The van der Waals surface area contributed by atoms with Crippen molar-refractivity contribution in [3.63, 3.8) is 0 Å². The summed E-state index contributed by atoms with van der Waals surface area (Å²) in [5, 5.41) is 8.82. The highest BCUT2D eigenvalue weighted by Gasteiger charge is 2.34. The van der Waals surface area contributed by atoms with Crippen molar-refractivity contribution in [3.05, 3.63) is 70.5 Å². The summed E-state index contributed by atoms with van der Waals surface area (Å²) in [5.41, 5.74) is 3.47. The fourth-order valence-electron chi connectivity index (χ4n) is 6.54. The van der Waals surface area contributed by atoms with E-state index in [2.05, 4.69) is 37.1 Å². The van der Waals surface area contributed by atoms with Crippen molar-refractivity contribution in [1.82, 2.24) is 19.7 Å². The second kappa shape index (κ2) is 12.6. The average Bonchev–Trinajstić information content (AvgIpc) is 3.88. The van der Waals surface area contributed by atoms with E-state index in [1.54, 1.807) is 19.2 Å². The lowest BCUT2D eigenvalue weighted by molar-refractivity contribution is -0.137. The molecule has 260 valence electrons. The standard InChI is InChI=1S/C38H46F3N7O/c1-23-14-27(16-30(15-23)38(39,40)41)21-46(33-13-12-31(18-42-33)43-36(49)28-10-11-28)22-29-17-32-24(2)45-48(37(3,4)5)35(32)44-34(29)47(19-25-6-7-25)20-26-8-9-26/h12-18,25-26,28H,6-11,19-22H2,1-5H3,(H,43,49). The van der Waals surface area contributed by atoms with E-state index < -0.39 is 11.7 Å². The van der Waals surface area contributed by atoms with Gasteiger partial charge in [0.15, 0.2) is 5.65 Å². The Hall–Kier alpha value is -4.15. The van der Waals surface area contributed by atoms with Crippen LogP contribution in [0.5, 0.6) is 0 Å². The fourth-order valence-corrected chi connectivity index (χ4v) is 6.54. The van der Waals surface area contributed by atoms with Crippen molar-refractivity contribution >= 4 is 34.3 Å². The zero-order valence-electron chi connectivity index (χ0n) is 29.1. The molecule has 0 saturated heterocycles. The molecule has 3 fully saturated rings. The summed E-state index contributed by atoms with van der Waals surface area (Å²) in [6.07, 6.45) is 3.83. The van der Waals surface area contributed by atoms with Crippen LogP contribution in [-0.2, 0) is 29.6 Å². The van der Waals surface area contributed by atoms with Crippen molar-refractivity contribution in [2.75, 3.05) is 28.2 Å². The quantitative estimate of drug-likeness (QED) is 0.163. The van der Waals surface area contributed by atoms with Crippen LogP contribution >= 0.6 is 0 Å². The molecule has 4 aromatic rings. The van der Waals surface area contributed by atoms with E-state index in [9.17, 15) is 18.0 Å². The van der Waals surface area contributed by atoms with Crippen LogP contribution in [0.2, 0.25) is 0 Å². The molecule has 3 aliphatic rings. The van der Waals surface area contributed by atoms with Crippen molar-refractivity contribution < 1.29 is 18.0 Å². The zero-order chi connectivity index (χ0) is 34.7. The summed E-state index contributed by atoms with van der Waals surface area (Å²) in [6.45, 7) is 12.5. The van der Waals surface area contributed by atoms with Crippen LogP contribution in [0.25, 0.3) is 11.0 Å². The highest BCUT2D eigenvalue weighted by atomic mass is 19.4. The molecule has 1 aromatic carbocycles. The van der Waals surface area contributed by atoms with Gasteiger partial charge in [0.1, 0.15) is 11.6 Å². The Labute approximate surface area is 286 Å². The molecule has 0 atom stereocenters. The van der Waals surface area contributed by atoms with E-state index in [0.29, 0.717) is 41.0 Å². The number of nitrogens with zero attached hydrogens (tertiary/aromatic N) is 6. The Bertz CT molecular complexity index is 1830. The summed E-state index contributed by atoms with van der Waals surface area (Å²) in [5.74, 6) is 2.85. The van der Waals surface area contributed by atoms with Crippen molar-refractivity contribution in [3.8, 4) is 0 Å². The molecule has 1 amide bonds. The number of carbonyl (C=O) groups excluding carboxylic acids is 1. The SMILES string of the molecule is Cc1cc(CN(Cc2cc3c(C)nn(C(C)(C)C)c3nc2N(CC2CC2)CC2CC2)c2ccc(NC(=O)C3CC3)cn2)cc(C(F)(F)F)c1. The lowest BCUT2D eigenvalue weighted by Crippen LogP contribution is -2.32. The molecular weight excluding hydrogens is 627 g/mol. The Morgan fingerprint density at radius 3 is 2.18 bits per heavy atom. The van der Waals surface area contributed by atoms with Gasteiger partial charge in [-0.2, -0.15) is 18.3 Å². The van der Waals surface area contributed by atoms with Gasteiger partial charge in [-0.3, -0.25) is 4.79 Å². The molecule has 1 N–H and O–H groups in total. The smallest absolute Gasteiger partial charge is 0.356 e. The first-order valence-electron chi connectivity index (χ1n) is 17.6. The van der Waals surface area contributed by atoms with E-state index >= 15 is 0 Å². The number of carbonyl (C=O) groups is 1. The number of halogens is 3. The number of pyridine rings is 2. The number of aromatic nitrogens is 4. The van der Waals surface area contributed by atoms with Crippen molar-refractivity contribution in [2.45, 2.75) is 97.9 Å². The summed E-state index contributed by atoms with van der Waals surface area (Å²) >= 11 is 0. The van der Waals surface area contributed by atoms with Crippen LogP contribution in [0.3, 0.4) is 0 Å². The predicted molar refractivity (Wildman–Crippen MR) is 187 cm³/mol. The molecule has 0 spiro atoms. The van der Waals surface area contributed by atoms with Gasteiger partial charge in [0.05, 0.1) is 28.7 Å². The third kappa shape index (κ3) is 7.86. The normalized spacial score (nSPS) is 16.7. The third-order valence-corrected chi connectivity index (χ3v) is 9.67. The number of amides is 1. The van der Waals surface area contributed by atoms with Gasteiger partial charge in [-0.15, -0.1) is 0 Å². The van der Waals surface area contributed by atoms with Gasteiger partial charge in [-0.25, -0.2) is 14.6 Å². The number of anilines is 3. The van der Waals surface area contributed by atoms with Crippen LogP contribution in [0.4, 0.5) is 30.5 Å². The number of fused-ring (bicyclic) bond motifs is 1. The molecule has 0 unspecified atom stereocenters. The lowest BCUT2D eigenvalue weighted by Gasteiger charge is -2.30. The molecular formula is C38H46F3N7O. The predicted octanol–water partition coefficient (Wildman–Crippen LogP) is 8.40. The third-order valence-electron chi connectivity index (χ3n) is 9.67. The Morgan fingerprint density at radius 2 is 1.61 bits per heavy atom. The maximum Gasteiger partial charge on any atom is 0.416 e. The van der Waals surface area contributed by atoms with Crippen LogP contribution in [0.1, 0.15) is 87.2 Å². The van der Waals surface area contributed by atoms with Gasteiger partial charge >= 0.3 is 6.18 Å². The van der Waals surface area contributed by atoms with Gasteiger partial charge < -0.3 is 15.1 Å². The molecule has 3 saturated carbocycles. The van der Waals surface area contributed by atoms with Crippen molar-refractivity contribution in [1.29, 1.82) is 0 Å². The maximum absolute atomic E-state index is 13.9. The van der Waals surface area contributed by atoms with Crippen LogP contribution in [0.15, 0.2) is 42.6 Å². The van der Waals surface area contributed by atoms with Crippen molar-refractivity contribution in [2.24, 2.45) is 17.8 Å². The van der Waals surface area contributed by atoms with E-state index in [1.807, 2.05) is 28.6 Å². The minimum absolute atomic E-state index is 0.00699. The fraction of sp³-hybridized carbons (Fsp3) is 0.526. The van der Waals surface area contributed by atoms with E-state index in [0.717, 1.165) is 54.0 Å². The second-order valence-corrected chi connectivity index (χ2v) is 15.5. The molecule has 8 nitrogen and oxygen atoms in total. The highest BCUT2D eigenvalue weighted by molar-refractivity contribution is 5.94. The number of nitrogens with one attached hydrogen (secondary N) is 1. The first kappa shape index (κ1) is 33.4. The van der Waals surface area contributed by atoms with E-state index in [-0.39, 0.29) is 23.9 Å². The van der Waals surface area contributed by atoms with Gasteiger partial charge in [0, 0.05) is 43.0 Å². The molecule has 3 heterocycles. The number of aryl methyl sites for hydroxylation is 2. The first-order valence-corrected chi connectivity index (χ1v) is 17.6.